The van der Waals surface area contributed by atoms with Crippen molar-refractivity contribution in [2.24, 2.45) is 5.92 Å². The Morgan fingerprint density at radius 1 is 1.18 bits per heavy atom. The van der Waals surface area contributed by atoms with Crippen LogP contribution in [0.4, 0.5) is 0 Å². The van der Waals surface area contributed by atoms with E-state index in [1.165, 1.54) is 11.8 Å². The van der Waals surface area contributed by atoms with Crippen LogP contribution < -0.4 is 5.56 Å². The van der Waals surface area contributed by atoms with Gasteiger partial charge in [0, 0.05) is 18.1 Å². The van der Waals surface area contributed by atoms with E-state index in [9.17, 15) is 9.59 Å². The first-order chi connectivity index (χ1) is 16.0. The summed E-state index contributed by atoms with van der Waals surface area (Å²) in [6, 6.07) is 14.6. The van der Waals surface area contributed by atoms with Crippen molar-refractivity contribution in [2.75, 3.05) is 13.1 Å². The lowest BCUT2D eigenvalue weighted by atomic mass is 9.99. The highest BCUT2D eigenvalue weighted by molar-refractivity contribution is 8.00. The van der Waals surface area contributed by atoms with Crippen molar-refractivity contribution in [1.29, 1.82) is 0 Å². The van der Waals surface area contributed by atoms with Crippen LogP contribution in [0.25, 0.3) is 16.6 Å². The monoisotopic (exact) mass is 483 g/mol. The molecule has 1 aromatic heterocycles. The number of piperidine rings is 1. The molecule has 7 heteroatoms. The Bertz CT molecular complexity index is 1190. The van der Waals surface area contributed by atoms with Gasteiger partial charge in [-0.05, 0) is 55.5 Å². The van der Waals surface area contributed by atoms with Gasteiger partial charge in [0.25, 0.3) is 5.56 Å². The summed E-state index contributed by atoms with van der Waals surface area (Å²) < 4.78 is 1.60. The first-order valence-electron chi connectivity index (χ1n) is 11.7. The standard InChI is InChI=1S/C26H30ClN3O2S/c1-3-4-12-23(25(32)29-15-13-18(2)14-16-29)33-26-28-22-11-6-5-10-21(22)24(31)30(26)20-9-7-8-19(27)17-20/h5-11,17-18,23H,3-4,12-16H2,1-2H3. The Labute approximate surface area is 204 Å². The van der Waals surface area contributed by atoms with E-state index in [-0.39, 0.29) is 16.7 Å². The molecule has 0 aliphatic carbocycles. The van der Waals surface area contributed by atoms with Gasteiger partial charge in [-0.1, -0.05) is 68.3 Å². The second-order valence-corrected chi connectivity index (χ2v) is 10.4. The van der Waals surface area contributed by atoms with E-state index in [1.54, 1.807) is 22.8 Å². The minimum Gasteiger partial charge on any atom is -0.342 e. The van der Waals surface area contributed by atoms with Gasteiger partial charge in [-0.15, -0.1) is 0 Å². The largest absolute Gasteiger partial charge is 0.342 e. The number of benzene rings is 2. The number of para-hydroxylation sites is 1. The first kappa shape index (κ1) is 23.8. The van der Waals surface area contributed by atoms with E-state index < -0.39 is 0 Å². The van der Waals surface area contributed by atoms with Gasteiger partial charge < -0.3 is 4.90 Å². The predicted molar refractivity (Wildman–Crippen MR) is 136 cm³/mol. The number of aromatic nitrogens is 2. The molecule has 33 heavy (non-hydrogen) atoms. The van der Waals surface area contributed by atoms with E-state index in [0.29, 0.717) is 32.7 Å². The molecular weight excluding hydrogens is 454 g/mol. The SMILES string of the molecule is CCCCC(Sc1nc2ccccc2c(=O)n1-c1cccc(Cl)c1)C(=O)N1CCC(C)CC1. The molecule has 0 N–H and O–H groups in total. The third-order valence-corrected chi connectivity index (χ3v) is 7.69. The molecule has 0 saturated carbocycles. The smallest absolute Gasteiger partial charge is 0.266 e. The molecule has 0 radical (unpaired) electrons. The van der Waals surface area contributed by atoms with Crippen LogP contribution in [0.5, 0.6) is 0 Å². The van der Waals surface area contributed by atoms with Crippen molar-refractivity contribution in [3.8, 4) is 5.69 Å². The molecule has 1 fully saturated rings. The second-order valence-electron chi connectivity index (χ2n) is 8.79. The van der Waals surface area contributed by atoms with E-state index in [4.69, 9.17) is 16.6 Å². The quantitative estimate of drug-likeness (QED) is 0.308. The number of rotatable bonds is 7. The molecule has 174 valence electrons. The summed E-state index contributed by atoms with van der Waals surface area (Å²) in [5.74, 6) is 0.811. The number of likely N-dealkylation sites (tertiary alicyclic amines) is 1. The second kappa shape index (κ2) is 10.7. The van der Waals surface area contributed by atoms with E-state index in [2.05, 4.69) is 13.8 Å². The van der Waals surface area contributed by atoms with E-state index in [0.717, 1.165) is 45.2 Å². The molecule has 3 aromatic rings. The molecular formula is C26H30ClN3O2S. The summed E-state index contributed by atoms with van der Waals surface area (Å²) in [6.45, 7) is 5.98. The van der Waals surface area contributed by atoms with Gasteiger partial charge >= 0.3 is 0 Å². The van der Waals surface area contributed by atoms with Crippen LogP contribution in [0.15, 0.2) is 58.5 Å². The minimum absolute atomic E-state index is 0.153. The Balaban J connectivity index is 1.76. The fourth-order valence-corrected chi connectivity index (χ4v) is 5.63. The molecule has 2 aromatic carbocycles. The maximum absolute atomic E-state index is 13.5. The number of hydrogen-bond acceptors (Lipinski definition) is 4. The van der Waals surface area contributed by atoms with Crippen molar-refractivity contribution < 1.29 is 4.79 Å². The van der Waals surface area contributed by atoms with E-state index >= 15 is 0 Å². The van der Waals surface area contributed by atoms with Crippen LogP contribution in [0.3, 0.4) is 0 Å². The Morgan fingerprint density at radius 3 is 2.67 bits per heavy atom. The summed E-state index contributed by atoms with van der Waals surface area (Å²) in [5, 5.41) is 1.34. The van der Waals surface area contributed by atoms with Gasteiger partial charge in [0.2, 0.25) is 5.91 Å². The van der Waals surface area contributed by atoms with Crippen LogP contribution in [0.2, 0.25) is 5.02 Å². The van der Waals surface area contributed by atoms with Crippen LogP contribution in [0.1, 0.15) is 46.0 Å². The lowest BCUT2D eigenvalue weighted by Gasteiger charge is -2.33. The topological polar surface area (TPSA) is 55.2 Å². The summed E-state index contributed by atoms with van der Waals surface area (Å²) in [7, 11) is 0. The number of thioether (sulfide) groups is 1. The summed E-state index contributed by atoms with van der Waals surface area (Å²) in [6.07, 6.45) is 4.79. The molecule has 1 amide bonds. The maximum Gasteiger partial charge on any atom is 0.266 e. The van der Waals surface area contributed by atoms with Gasteiger partial charge in [0.05, 0.1) is 21.8 Å². The lowest BCUT2D eigenvalue weighted by Crippen LogP contribution is -2.42. The maximum atomic E-state index is 13.5. The van der Waals surface area contributed by atoms with Gasteiger partial charge in [-0.2, -0.15) is 0 Å². The fraction of sp³-hybridized carbons (Fsp3) is 0.423. The van der Waals surface area contributed by atoms with Gasteiger partial charge in [0.15, 0.2) is 5.16 Å². The van der Waals surface area contributed by atoms with Crippen molar-refractivity contribution in [3.63, 3.8) is 0 Å². The molecule has 1 saturated heterocycles. The molecule has 4 rings (SSSR count). The Kier molecular flexibility index (Phi) is 7.76. The zero-order chi connectivity index (χ0) is 23.4. The lowest BCUT2D eigenvalue weighted by molar-refractivity contribution is -0.132. The number of unbranched alkanes of at least 4 members (excludes halogenated alkanes) is 1. The molecule has 1 unspecified atom stereocenters. The number of fused-ring (bicyclic) bond motifs is 1. The van der Waals surface area contributed by atoms with Crippen LogP contribution in [-0.2, 0) is 4.79 Å². The number of amides is 1. The number of nitrogens with zero attached hydrogens (tertiary/aromatic N) is 3. The number of carbonyl (C=O) groups is 1. The van der Waals surface area contributed by atoms with Crippen LogP contribution in [-0.4, -0.2) is 38.7 Å². The summed E-state index contributed by atoms with van der Waals surface area (Å²) in [4.78, 5) is 33.9. The third-order valence-electron chi connectivity index (χ3n) is 6.25. The summed E-state index contributed by atoms with van der Waals surface area (Å²) >= 11 is 7.66. The highest BCUT2D eigenvalue weighted by Gasteiger charge is 2.29. The highest BCUT2D eigenvalue weighted by atomic mass is 35.5. The zero-order valence-corrected chi connectivity index (χ0v) is 20.7. The number of carbonyl (C=O) groups excluding carboxylic acids is 1. The number of hydrogen-bond donors (Lipinski definition) is 0. The highest BCUT2D eigenvalue weighted by Crippen LogP contribution is 2.31. The van der Waals surface area contributed by atoms with Crippen LogP contribution >= 0.6 is 23.4 Å². The average molecular weight is 484 g/mol. The number of halogens is 1. The third kappa shape index (κ3) is 5.44. The molecule has 5 nitrogen and oxygen atoms in total. The van der Waals surface area contributed by atoms with Crippen molar-refractivity contribution in [3.05, 3.63) is 63.9 Å². The van der Waals surface area contributed by atoms with Gasteiger partial charge in [-0.25, -0.2) is 4.98 Å². The predicted octanol–water partition coefficient (Wildman–Crippen LogP) is 5.95. The molecule has 1 aliphatic rings. The Morgan fingerprint density at radius 2 is 1.94 bits per heavy atom. The molecule has 0 spiro atoms. The molecule has 0 bridgehead atoms. The summed E-state index contributed by atoms with van der Waals surface area (Å²) in [5.41, 5.74) is 1.14. The van der Waals surface area contributed by atoms with Crippen molar-refractivity contribution in [1.82, 2.24) is 14.5 Å². The van der Waals surface area contributed by atoms with Gasteiger partial charge in [-0.3, -0.25) is 14.2 Å². The normalized spacial score (nSPS) is 15.7. The molecule has 2 heterocycles. The van der Waals surface area contributed by atoms with Crippen LogP contribution in [0, 0.1) is 5.92 Å². The molecule has 1 aliphatic heterocycles. The van der Waals surface area contributed by atoms with Crippen molar-refractivity contribution in [2.45, 2.75) is 56.4 Å². The Hall–Kier alpha value is -2.31. The van der Waals surface area contributed by atoms with E-state index in [1.807, 2.05) is 35.2 Å². The minimum atomic E-state index is -0.281. The fourth-order valence-electron chi connectivity index (χ4n) is 4.22. The average Bonchev–Trinajstić information content (AvgIpc) is 2.82. The van der Waals surface area contributed by atoms with Crippen molar-refractivity contribution >= 4 is 40.2 Å². The molecule has 1 atom stereocenters. The van der Waals surface area contributed by atoms with Gasteiger partial charge in [0.1, 0.15) is 0 Å². The first-order valence-corrected chi connectivity index (χ1v) is 13.0. The zero-order valence-electron chi connectivity index (χ0n) is 19.2.